The Hall–Kier alpha value is -1.62. The van der Waals surface area contributed by atoms with Gasteiger partial charge in [0.1, 0.15) is 11.4 Å². The molecule has 96 valence electrons. The first-order chi connectivity index (χ1) is 7.77. The Morgan fingerprint density at radius 2 is 2.06 bits per heavy atom. The van der Waals surface area contributed by atoms with Crippen LogP contribution in [0.15, 0.2) is 23.4 Å². The lowest BCUT2D eigenvalue weighted by molar-refractivity contribution is 0.477. The lowest BCUT2D eigenvalue weighted by Crippen LogP contribution is -2.00. The van der Waals surface area contributed by atoms with Crippen LogP contribution in [-0.4, -0.2) is 17.1 Å². The molecule has 0 spiro atoms. The Morgan fingerprint density at radius 3 is 2.65 bits per heavy atom. The third kappa shape index (κ3) is 5.31. The second kappa shape index (κ2) is 8.52. The highest BCUT2D eigenvalue weighted by molar-refractivity contribution is 5.60. The molecule has 5 nitrogen and oxygen atoms in total. The van der Waals surface area contributed by atoms with Gasteiger partial charge in [-0.3, -0.25) is 0 Å². The summed E-state index contributed by atoms with van der Waals surface area (Å²) in [4.78, 5) is 10.2. The maximum absolute atomic E-state index is 10.2. The first-order valence-corrected chi connectivity index (χ1v) is 5.68. The van der Waals surface area contributed by atoms with E-state index in [4.69, 9.17) is 0 Å². The van der Waals surface area contributed by atoms with Gasteiger partial charge in [0.25, 0.3) is 0 Å². The molecule has 0 aliphatic rings. The van der Waals surface area contributed by atoms with E-state index in [1.54, 1.807) is 6.07 Å². The van der Waals surface area contributed by atoms with Crippen LogP contribution in [0.25, 0.3) is 0 Å². The van der Waals surface area contributed by atoms with Crippen molar-refractivity contribution in [1.82, 2.24) is 0 Å². The van der Waals surface area contributed by atoms with E-state index in [-0.39, 0.29) is 16.9 Å². The summed E-state index contributed by atoms with van der Waals surface area (Å²) in [6, 6.07) is 4.78. The van der Waals surface area contributed by atoms with Gasteiger partial charge in [-0.25, -0.2) is 0 Å². The predicted octanol–water partition coefficient (Wildman–Crippen LogP) is 2.96. The van der Waals surface area contributed by atoms with E-state index in [0.717, 1.165) is 18.7 Å². The molecule has 0 unspecified atom stereocenters. The van der Waals surface area contributed by atoms with Crippen molar-refractivity contribution >= 4 is 11.4 Å². The summed E-state index contributed by atoms with van der Waals surface area (Å²) < 4.78 is 0. The number of nitrogens with zero attached hydrogens (tertiary/aromatic N) is 1. The molecule has 4 N–H and O–H groups in total. The van der Waals surface area contributed by atoms with Crippen molar-refractivity contribution in [1.29, 1.82) is 0 Å². The summed E-state index contributed by atoms with van der Waals surface area (Å²) in [5.41, 5.74) is 0.901. The molecule has 0 saturated heterocycles. The molecule has 0 fully saturated rings. The molecule has 5 heteroatoms. The van der Waals surface area contributed by atoms with Crippen molar-refractivity contribution < 1.29 is 10.6 Å². The highest BCUT2D eigenvalue weighted by atomic mass is 16.3. The number of nitroso groups, excluding NO2 is 1. The quantitative estimate of drug-likeness (QED) is 0.566. The number of aromatic hydroxyl groups is 1. The SMILES string of the molecule is CCCCCCNc1ccc(N=O)c(O)c1.O. The standard InChI is InChI=1S/C12H18N2O2.H2O/c1-2-3-4-5-8-13-10-6-7-11(14-16)12(15)9-10;/h6-7,9,13,15H,2-5,8H2,1H3;1H2. The predicted molar refractivity (Wildman–Crippen MR) is 69.8 cm³/mol. The zero-order valence-corrected chi connectivity index (χ0v) is 10.1. The van der Waals surface area contributed by atoms with E-state index < -0.39 is 0 Å². The van der Waals surface area contributed by atoms with Gasteiger partial charge in [-0.1, -0.05) is 26.2 Å². The van der Waals surface area contributed by atoms with Crippen molar-refractivity contribution in [3.63, 3.8) is 0 Å². The Kier molecular flexibility index (Phi) is 7.71. The summed E-state index contributed by atoms with van der Waals surface area (Å²) in [5, 5.41) is 15.3. The Bertz CT molecular complexity index is 343. The summed E-state index contributed by atoms with van der Waals surface area (Å²) >= 11 is 0. The molecule has 0 aliphatic heterocycles. The molecule has 1 aromatic carbocycles. The monoisotopic (exact) mass is 240 g/mol. The fourth-order valence-corrected chi connectivity index (χ4v) is 1.50. The maximum Gasteiger partial charge on any atom is 0.149 e. The number of rotatable bonds is 7. The third-order valence-electron chi connectivity index (χ3n) is 2.43. The number of nitrogens with one attached hydrogen (secondary N) is 1. The minimum Gasteiger partial charge on any atom is -0.505 e. The van der Waals surface area contributed by atoms with Crippen molar-refractivity contribution in [2.24, 2.45) is 5.18 Å². The first kappa shape index (κ1) is 15.4. The van der Waals surface area contributed by atoms with Crippen LogP contribution < -0.4 is 5.32 Å². The molecule has 0 aliphatic carbocycles. The third-order valence-corrected chi connectivity index (χ3v) is 2.43. The van der Waals surface area contributed by atoms with Gasteiger partial charge in [0.15, 0.2) is 0 Å². The Morgan fingerprint density at radius 1 is 1.29 bits per heavy atom. The number of phenols is 1. The van der Waals surface area contributed by atoms with E-state index in [2.05, 4.69) is 17.4 Å². The summed E-state index contributed by atoms with van der Waals surface area (Å²) in [6.45, 7) is 3.06. The van der Waals surface area contributed by atoms with Gasteiger partial charge in [-0.05, 0) is 23.7 Å². The van der Waals surface area contributed by atoms with Crippen LogP contribution in [0.3, 0.4) is 0 Å². The average molecular weight is 240 g/mol. The van der Waals surface area contributed by atoms with Gasteiger partial charge < -0.3 is 15.9 Å². The van der Waals surface area contributed by atoms with Gasteiger partial charge in [0.2, 0.25) is 0 Å². The highest BCUT2D eigenvalue weighted by Crippen LogP contribution is 2.28. The Labute approximate surface area is 101 Å². The normalized spacial score (nSPS) is 9.47. The fourth-order valence-electron chi connectivity index (χ4n) is 1.50. The zero-order chi connectivity index (χ0) is 11.8. The number of hydrogen-bond acceptors (Lipinski definition) is 4. The molecule has 0 saturated carbocycles. The molecule has 0 radical (unpaired) electrons. The number of hydrogen-bond donors (Lipinski definition) is 2. The van der Waals surface area contributed by atoms with Crippen LogP contribution in [0, 0.1) is 4.91 Å². The van der Waals surface area contributed by atoms with Crippen LogP contribution in [0.2, 0.25) is 0 Å². The second-order valence-electron chi connectivity index (χ2n) is 3.78. The molecule has 0 amide bonds. The van der Waals surface area contributed by atoms with Crippen LogP contribution in [0.4, 0.5) is 11.4 Å². The van der Waals surface area contributed by atoms with E-state index in [1.165, 1.54) is 31.4 Å². The van der Waals surface area contributed by atoms with Gasteiger partial charge in [0, 0.05) is 18.3 Å². The lowest BCUT2D eigenvalue weighted by Gasteiger charge is -2.06. The van der Waals surface area contributed by atoms with E-state index in [1.807, 2.05) is 0 Å². The van der Waals surface area contributed by atoms with Crippen molar-refractivity contribution in [3.8, 4) is 5.75 Å². The average Bonchev–Trinajstić information content (AvgIpc) is 2.29. The summed E-state index contributed by atoms with van der Waals surface area (Å²) in [7, 11) is 0. The number of anilines is 1. The molecule has 1 rings (SSSR count). The van der Waals surface area contributed by atoms with Crippen LogP contribution in [0.5, 0.6) is 5.75 Å². The molecule has 17 heavy (non-hydrogen) atoms. The molecule has 0 atom stereocenters. The largest absolute Gasteiger partial charge is 0.505 e. The van der Waals surface area contributed by atoms with Crippen LogP contribution in [0.1, 0.15) is 32.6 Å². The van der Waals surface area contributed by atoms with Crippen LogP contribution in [-0.2, 0) is 0 Å². The van der Waals surface area contributed by atoms with E-state index in [0.29, 0.717) is 0 Å². The van der Waals surface area contributed by atoms with Gasteiger partial charge in [-0.2, -0.15) is 0 Å². The topological polar surface area (TPSA) is 93.2 Å². The fraction of sp³-hybridized carbons (Fsp3) is 0.500. The second-order valence-corrected chi connectivity index (χ2v) is 3.78. The molecule has 0 aromatic heterocycles. The smallest absolute Gasteiger partial charge is 0.149 e. The number of benzene rings is 1. The van der Waals surface area contributed by atoms with Gasteiger partial charge in [0.05, 0.1) is 0 Å². The number of unbranched alkanes of at least 4 members (excludes halogenated alkanes) is 3. The van der Waals surface area contributed by atoms with E-state index in [9.17, 15) is 10.0 Å². The lowest BCUT2D eigenvalue weighted by atomic mass is 10.2. The minimum absolute atomic E-state index is 0. The first-order valence-electron chi connectivity index (χ1n) is 5.68. The molecular weight excluding hydrogens is 220 g/mol. The maximum atomic E-state index is 10.2. The summed E-state index contributed by atoms with van der Waals surface area (Å²) in [6.07, 6.45) is 4.80. The molecule has 1 aromatic rings. The molecule has 0 heterocycles. The van der Waals surface area contributed by atoms with Gasteiger partial charge in [-0.15, -0.1) is 4.91 Å². The Balaban J connectivity index is 0.00000256. The van der Waals surface area contributed by atoms with Gasteiger partial charge >= 0.3 is 0 Å². The van der Waals surface area contributed by atoms with Crippen molar-refractivity contribution in [3.05, 3.63) is 23.1 Å². The van der Waals surface area contributed by atoms with Crippen LogP contribution >= 0.6 is 0 Å². The van der Waals surface area contributed by atoms with Crippen molar-refractivity contribution in [2.45, 2.75) is 32.6 Å². The van der Waals surface area contributed by atoms with E-state index >= 15 is 0 Å². The molecule has 0 bridgehead atoms. The zero-order valence-electron chi connectivity index (χ0n) is 10.1. The minimum atomic E-state index is -0.0754. The number of phenolic OH excluding ortho intramolecular Hbond substituents is 1. The highest BCUT2D eigenvalue weighted by Gasteiger charge is 2.01. The summed E-state index contributed by atoms with van der Waals surface area (Å²) in [5.74, 6) is -0.0754. The van der Waals surface area contributed by atoms with Crippen molar-refractivity contribution in [2.75, 3.05) is 11.9 Å². The molecular formula is C12H20N2O3.